The SMILES string of the molecule is CC(C)(C)C1=CC2(C(C)(C)C)c3nc4c5ccccc5c5ccccc5c4nc3C3(C(C)(C)C)C1C23. The fraction of sp³-hybridized carbons (Fsp3) is 0.471. The van der Waals surface area contributed by atoms with Crippen molar-refractivity contribution in [1.82, 2.24) is 9.97 Å². The van der Waals surface area contributed by atoms with Crippen molar-refractivity contribution in [2.75, 3.05) is 0 Å². The maximum Gasteiger partial charge on any atom is 0.0975 e. The van der Waals surface area contributed by atoms with Gasteiger partial charge in [-0.05, 0) is 38.9 Å². The minimum atomic E-state index is -0.100. The van der Waals surface area contributed by atoms with Gasteiger partial charge in [-0.25, -0.2) is 9.97 Å². The van der Waals surface area contributed by atoms with Crippen LogP contribution >= 0.6 is 0 Å². The number of nitrogens with zero attached hydrogens (tertiary/aromatic N) is 2. The highest BCUT2D eigenvalue weighted by atomic mass is 15.0. The number of benzene rings is 3. The predicted molar refractivity (Wildman–Crippen MR) is 151 cm³/mol. The van der Waals surface area contributed by atoms with Crippen molar-refractivity contribution in [2.45, 2.75) is 73.1 Å². The number of allylic oxidation sites excluding steroid dienone is 2. The predicted octanol–water partition coefficient (Wildman–Crippen LogP) is 8.75. The molecule has 0 radical (unpaired) electrons. The van der Waals surface area contributed by atoms with E-state index in [0.29, 0.717) is 11.8 Å². The molecule has 1 heterocycles. The monoisotopic (exact) mass is 474 g/mol. The van der Waals surface area contributed by atoms with E-state index in [-0.39, 0.29) is 27.1 Å². The van der Waals surface area contributed by atoms with Crippen LogP contribution in [0.2, 0.25) is 0 Å². The molecule has 0 aliphatic heterocycles. The largest absolute Gasteiger partial charge is 0.248 e. The summed E-state index contributed by atoms with van der Waals surface area (Å²) in [4.78, 5) is 11.4. The fourth-order valence-corrected chi connectivity index (χ4v) is 8.62. The molecule has 0 N–H and O–H groups in total. The molecular formula is C34H38N2. The molecule has 3 aliphatic rings. The molecule has 0 bridgehead atoms. The molecule has 7 rings (SSSR count). The standard InChI is InChI=1S/C34H38N2/c1-30(2,3)23-18-33(31(4,5)6)27-24(23)34(27,32(7,8)9)29-28(33)35-25-21-16-12-10-14-19(21)20-15-11-13-17-22(20)26(25)36-29/h10-18,24,27H,1-9H3. The molecule has 1 saturated carbocycles. The van der Waals surface area contributed by atoms with E-state index >= 15 is 0 Å². The summed E-state index contributed by atoms with van der Waals surface area (Å²) in [5, 5.41) is 4.97. The minimum Gasteiger partial charge on any atom is -0.248 e. The van der Waals surface area contributed by atoms with E-state index < -0.39 is 0 Å². The second-order valence-corrected chi connectivity index (χ2v) is 14.8. The molecule has 0 amide bonds. The molecule has 1 fully saturated rings. The normalized spacial score (nSPS) is 29.1. The molecule has 2 heteroatoms. The molecule has 36 heavy (non-hydrogen) atoms. The van der Waals surface area contributed by atoms with E-state index in [1.165, 1.54) is 32.9 Å². The van der Waals surface area contributed by atoms with Crippen molar-refractivity contribution in [3.63, 3.8) is 0 Å². The second-order valence-electron chi connectivity index (χ2n) is 14.8. The van der Waals surface area contributed by atoms with Gasteiger partial charge < -0.3 is 0 Å². The van der Waals surface area contributed by atoms with E-state index in [9.17, 15) is 0 Å². The van der Waals surface area contributed by atoms with Crippen LogP contribution in [0.3, 0.4) is 0 Å². The van der Waals surface area contributed by atoms with Crippen LogP contribution < -0.4 is 0 Å². The summed E-state index contributed by atoms with van der Waals surface area (Å²) in [5.74, 6) is 1.08. The first-order chi connectivity index (χ1) is 16.8. The van der Waals surface area contributed by atoms with Crippen molar-refractivity contribution in [1.29, 1.82) is 0 Å². The maximum absolute atomic E-state index is 5.72. The third kappa shape index (κ3) is 2.27. The lowest BCUT2D eigenvalue weighted by atomic mass is 9.62. The number of hydrogen-bond acceptors (Lipinski definition) is 2. The summed E-state index contributed by atoms with van der Waals surface area (Å²) >= 11 is 0. The average molecular weight is 475 g/mol. The van der Waals surface area contributed by atoms with E-state index in [4.69, 9.17) is 9.97 Å². The van der Waals surface area contributed by atoms with Crippen LogP contribution in [0, 0.1) is 28.1 Å². The Hall–Kier alpha value is -2.74. The highest BCUT2D eigenvalue weighted by molar-refractivity contribution is 6.23. The van der Waals surface area contributed by atoms with Crippen LogP contribution in [0.5, 0.6) is 0 Å². The first-order valence-corrected chi connectivity index (χ1v) is 13.6. The highest BCUT2D eigenvalue weighted by Gasteiger charge is 2.87. The summed E-state index contributed by atoms with van der Waals surface area (Å²) in [6.45, 7) is 21.8. The fourth-order valence-electron chi connectivity index (χ4n) is 8.62. The van der Waals surface area contributed by atoms with Crippen molar-refractivity contribution < 1.29 is 0 Å². The van der Waals surface area contributed by atoms with Crippen molar-refractivity contribution >= 4 is 32.6 Å². The Morgan fingerprint density at radius 1 is 0.611 bits per heavy atom. The van der Waals surface area contributed by atoms with Gasteiger partial charge in [-0.15, -0.1) is 0 Å². The number of fused-ring (bicyclic) bond motifs is 10. The van der Waals surface area contributed by atoms with Gasteiger partial charge in [-0.3, -0.25) is 0 Å². The second kappa shape index (κ2) is 6.21. The van der Waals surface area contributed by atoms with Gasteiger partial charge in [0, 0.05) is 21.6 Å². The molecule has 4 unspecified atom stereocenters. The molecule has 3 aliphatic carbocycles. The highest BCUT2D eigenvalue weighted by Crippen LogP contribution is 2.87. The third-order valence-corrected chi connectivity index (χ3v) is 10.1. The first kappa shape index (κ1) is 22.5. The zero-order valence-corrected chi connectivity index (χ0v) is 23.2. The maximum atomic E-state index is 5.72. The third-order valence-electron chi connectivity index (χ3n) is 10.1. The molecule has 0 saturated heterocycles. The van der Waals surface area contributed by atoms with Gasteiger partial charge >= 0.3 is 0 Å². The summed E-state index contributed by atoms with van der Waals surface area (Å²) in [7, 11) is 0. The Bertz CT molecular complexity index is 1650. The summed E-state index contributed by atoms with van der Waals surface area (Å²) < 4.78 is 0. The molecule has 184 valence electrons. The van der Waals surface area contributed by atoms with Crippen molar-refractivity contribution in [3.8, 4) is 0 Å². The quantitative estimate of drug-likeness (QED) is 0.188. The Balaban J connectivity index is 1.69. The van der Waals surface area contributed by atoms with E-state index in [1.54, 1.807) is 5.57 Å². The molecule has 2 nitrogen and oxygen atoms in total. The molecule has 0 spiro atoms. The van der Waals surface area contributed by atoms with Crippen LogP contribution in [0.1, 0.15) is 73.7 Å². The van der Waals surface area contributed by atoms with Gasteiger partial charge in [0.1, 0.15) is 0 Å². The lowest BCUT2D eigenvalue weighted by Gasteiger charge is -2.41. The lowest BCUT2D eigenvalue weighted by Crippen LogP contribution is -2.40. The Labute approximate surface area is 215 Å². The topological polar surface area (TPSA) is 25.8 Å². The molecule has 4 atom stereocenters. The molecule has 4 aromatic rings. The number of aromatic nitrogens is 2. The first-order valence-electron chi connectivity index (χ1n) is 13.6. The lowest BCUT2D eigenvalue weighted by molar-refractivity contribution is 0.184. The average Bonchev–Trinajstić information content (AvgIpc) is 3.27. The zero-order chi connectivity index (χ0) is 25.6. The van der Waals surface area contributed by atoms with Gasteiger partial charge in [-0.1, -0.05) is 122 Å². The van der Waals surface area contributed by atoms with Crippen LogP contribution in [0.4, 0.5) is 0 Å². The van der Waals surface area contributed by atoms with Gasteiger partial charge in [0.2, 0.25) is 0 Å². The summed E-state index contributed by atoms with van der Waals surface area (Å²) in [5.41, 5.74) is 6.46. The summed E-state index contributed by atoms with van der Waals surface area (Å²) in [6, 6.07) is 17.5. The van der Waals surface area contributed by atoms with Gasteiger partial charge in [0.15, 0.2) is 0 Å². The smallest absolute Gasteiger partial charge is 0.0975 e. The van der Waals surface area contributed by atoms with Crippen molar-refractivity contribution in [2.24, 2.45) is 28.1 Å². The summed E-state index contributed by atoms with van der Waals surface area (Å²) in [6.07, 6.45) is 2.67. The van der Waals surface area contributed by atoms with Gasteiger partial charge in [0.25, 0.3) is 0 Å². The van der Waals surface area contributed by atoms with Crippen LogP contribution in [0.25, 0.3) is 32.6 Å². The van der Waals surface area contributed by atoms with E-state index in [1.807, 2.05) is 0 Å². The molecular weight excluding hydrogens is 436 g/mol. The van der Waals surface area contributed by atoms with E-state index in [0.717, 1.165) is 11.0 Å². The Morgan fingerprint density at radius 3 is 1.53 bits per heavy atom. The minimum absolute atomic E-state index is 0.0287. The van der Waals surface area contributed by atoms with Gasteiger partial charge in [-0.2, -0.15) is 0 Å². The van der Waals surface area contributed by atoms with Crippen molar-refractivity contribution in [3.05, 3.63) is 71.6 Å². The van der Waals surface area contributed by atoms with Crippen LogP contribution in [-0.4, -0.2) is 9.97 Å². The zero-order valence-electron chi connectivity index (χ0n) is 23.2. The molecule has 1 aromatic heterocycles. The molecule has 3 aromatic carbocycles. The van der Waals surface area contributed by atoms with Crippen LogP contribution in [0.15, 0.2) is 60.2 Å². The van der Waals surface area contributed by atoms with E-state index in [2.05, 4.69) is 117 Å². The Morgan fingerprint density at radius 2 is 1.08 bits per heavy atom. The Kier molecular flexibility index (Phi) is 3.87. The number of rotatable bonds is 0. The number of hydrogen-bond donors (Lipinski definition) is 0. The van der Waals surface area contributed by atoms with Gasteiger partial charge in [0.05, 0.1) is 22.4 Å². The van der Waals surface area contributed by atoms with Crippen LogP contribution in [-0.2, 0) is 10.8 Å².